The lowest BCUT2D eigenvalue weighted by atomic mass is 10.2. The van der Waals surface area contributed by atoms with E-state index in [-0.39, 0.29) is 0 Å². The predicted octanol–water partition coefficient (Wildman–Crippen LogP) is 1.78. The lowest BCUT2D eigenvalue weighted by Crippen LogP contribution is -2.32. The van der Waals surface area contributed by atoms with E-state index in [1.54, 1.807) is 0 Å². The van der Waals surface area contributed by atoms with Crippen LogP contribution in [0.25, 0.3) is 0 Å². The van der Waals surface area contributed by atoms with Gasteiger partial charge in [0, 0.05) is 31.1 Å². The van der Waals surface area contributed by atoms with Crippen molar-refractivity contribution in [2.45, 2.75) is 45.1 Å². The normalized spacial score (nSPS) is 16.2. The molecule has 0 aliphatic heterocycles. The molecule has 0 saturated heterocycles. The van der Waals surface area contributed by atoms with E-state index in [9.17, 15) is 0 Å². The maximum atomic E-state index is 5.47. The fourth-order valence-electron chi connectivity index (χ4n) is 2.05. The van der Waals surface area contributed by atoms with Crippen LogP contribution < -0.4 is 16.6 Å². The van der Waals surface area contributed by atoms with Crippen molar-refractivity contribution >= 4 is 11.6 Å². The van der Waals surface area contributed by atoms with Gasteiger partial charge in [0.05, 0.1) is 0 Å². The Morgan fingerprint density at radius 3 is 2.70 bits per heavy atom. The summed E-state index contributed by atoms with van der Waals surface area (Å²) in [5.74, 6) is 8.42. The molecule has 1 unspecified atom stereocenters. The van der Waals surface area contributed by atoms with Crippen molar-refractivity contribution in [2.75, 3.05) is 30.9 Å². The molecular formula is C14H26N6. The predicted molar refractivity (Wildman–Crippen MR) is 82.7 cm³/mol. The summed E-state index contributed by atoms with van der Waals surface area (Å²) in [5, 5.41) is 3.36. The molecule has 0 amide bonds. The molecule has 1 aliphatic carbocycles. The Bertz CT molecular complexity index is 432. The Balaban J connectivity index is 1.90. The fraction of sp³-hybridized carbons (Fsp3) is 0.714. The van der Waals surface area contributed by atoms with Crippen LogP contribution in [-0.2, 0) is 0 Å². The third-order valence-corrected chi connectivity index (χ3v) is 3.95. The SMILES string of the molecule is CCC(C)N(C)CCNc1cc(NN)nc(C2CC2)n1. The minimum Gasteiger partial charge on any atom is -0.369 e. The first-order valence-corrected chi connectivity index (χ1v) is 7.43. The molecule has 1 aromatic heterocycles. The highest BCUT2D eigenvalue weighted by molar-refractivity contribution is 5.47. The molecule has 6 heteroatoms. The smallest absolute Gasteiger partial charge is 0.145 e. The second-order valence-corrected chi connectivity index (χ2v) is 5.58. The maximum absolute atomic E-state index is 5.47. The van der Waals surface area contributed by atoms with Gasteiger partial charge in [-0.25, -0.2) is 15.8 Å². The minimum atomic E-state index is 0.520. The van der Waals surface area contributed by atoms with E-state index in [1.165, 1.54) is 12.8 Å². The number of nitrogens with one attached hydrogen (secondary N) is 2. The summed E-state index contributed by atoms with van der Waals surface area (Å²) in [7, 11) is 2.15. The highest BCUT2D eigenvalue weighted by atomic mass is 15.3. The molecule has 1 aromatic rings. The topological polar surface area (TPSA) is 79.1 Å². The van der Waals surface area contributed by atoms with Gasteiger partial charge in [0.2, 0.25) is 0 Å². The van der Waals surface area contributed by atoms with Crippen LogP contribution in [0.3, 0.4) is 0 Å². The first-order valence-electron chi connectivity index (χ1n) is 7.43. The summed E-state index contributed by atoms with van der Waals surface area (Å²) in [6.07, 6.45) is 3.53. The van der Waals surface area contributed by atoms with Crippen LogP contribution in [-0.4, -0.2) is 41.0 Å². The summed E-state index contributed by atoms with van der Waals surface area (Å²) >= 11 is 0. The number of hydrogen-bond donors (Lipinski definition) is 3. The van der Waals surface area contributed by atoms with Crippen LogP contribution >= 0.6 is 0 Å². The van der Waals surface area contributed by atoms with Gasteiger partial charge in [0.25, 0.3) is 0 Å². The Hall–Kier alpha value is -1.40. The fourth-order valence-corrected chi connectivity index (χ4v) is 2.05. The third kappa shape index (κ3) is 4.05. The number of hydrogen-bond acceptors (Lipinski definition) is 6. The second-order valence-electron chi connectivity index (χ2n) is 5.58. The van der Waals surface area contributed by atoms with Crippen molar-refractivity contribution in [1.82, 2.24) is 14.9 Å². The van der Waals surface area contributed by atoms with Gasteiger partial charge in [0.1, 0.15) is 17.5 Å². The summed E-state index contributed by atoms with van der Waals surface area (Å²) in [6.45, 7) is 6.31. The largest absolute Gasteiger partial charge is 0.369 e. The van der Waals surface area contributed by atoms with Gasteiger partial charge in [-0.3, -0.25) is 0 Å². The van der Waals surface area contributed by atoms with Crippen molar-refractivity contribution in [3.8, 4) is 0 Å². The van der Waals surface area contributed by atoms with Crippen LogP contribution in [0.5, 0.6) is 0 Å². The van der Waals surface area contributed by atoms with Gasteiger partial charge in [-0.05, 0) is 33.2 Å². The zero-order valence-electron chi connectivity index (χ0n) is 12.7. The Kier molecular flexibility index (Phi) is 5.14. The van der Waals surface area contributed by atoms with Crippen molar-refractivity contribution in [1.29, 1.82) is 0 Å². The molecule has 0 aromatic carbocycles. The molecule has 20 heavy (non-hydrogen) atoms. The van der Waals surface area contributed by atoms with Crippen molar-refractivity contribution < 1.29 is 0 Å². The number of nitrogen functional groups attached to an aromatic ring is 1. The van der Waals surface area contributed by atoms with Crippen LogP contribution in [0.15, 0.2) is 6.07 Å². The number of likely N-dealkylation sites (N-methyl/N-ethyl adjacent to an activating group) is 1. The Morgan fingerprint density at radius 2 is 2.10 bits per heavy atom. The Labute approximate surface area is 121 Å². The van der Waals surface area contributed by atoms with E-state index < -0.39 is 0 Å². The maximum Gasteiger partial charge on any atom is 0.145 e. The van der Waals surface area contributed by atoms with Gasteiger partial charge in [0.15, 0.2) is 0 Å². The molecule has 1 fully saturated rings. The lowest BCUT2D eigenvalue weighted by Gasteiger charge is -2.23. The number of anilines is 2. The molecule has 1 aliphatic rings. The standard InChI is InChI=1S/C14H26N6/c1-4-10(2)20(3)8-7-16-12-9-13(19-15)18-14(17-12)11-5-6-11/h9-11H,4-8,15H2,1-3H3,(H2,16,17,18,19). The molecule has 0 spiro atoms. The molecule has 2 rings (SSSR count). The van der Waals surface area contributed by atoms with Crippen LogP contribution in [0, 0.1) is 0 Å². The average molecular weight is 278 g/mol. The van der Waals surface area contributed by atoms with E-state index in [0.29, 0.717) is 17.8 Å². The Morgan fingerprint density at radius 1 is 1.40 bits per heavy atom. The molecule has 1 atom stereocenters. The lowest BCUT2D eigenvalue weighted by molar-refractivity contribution is 0.261. The molecule has 1 heterocycles. The van der Waals surface area contributed by atoms with Gasteiger partial charge >= 0.3 is 0 Å². The van der Waals surface area contributed by atoms with Gasteiger partial charge < -0.3 is 15.6 Å². The second kappa shape index (κ2) is 6.85. The van der Waals surface area contributed by atoms with Crippen LogP contribution in [0.1, 0.15) is 44.9 Å². The zero-order valence-corrected chi connectivity index (χ0v) is 12.7. The molecule has 0 bridgehead atoms. The number of rotatable bonds is 8. The number of nitrogens with two attached hydrogens (primary N) is 1. The number of nitrogens with zero attached hydrogens (tertiary/aromatic N) is 3. The highest BCUT2D eigenvalue weighted by Gasteiger charge is 2.27. The summed E-state index contributed by atoms with van der Waals surface area (Å²) in [5.41, 5.74) is 2.62. The molecule has 1 saturated carbocycles. The summed E-state index contributed by atoms with van der Waals surface area (Å²) < 4.78 is 0. The van der Waals surface area contributed by atoms with Gasteiger partial charge in [-0.2, -0.15) is 0 Å². The third-order valence-electron chi connectivity index (χ3n) is 3.95. The summed E-state index contributed by atoms with van der Waals surface area (Å²) in [6, 6.07) is 2.46. The van der Waals surface area contributed by atoms with E-state index >= 15 is 0 Å². The zero-order chi connectivity index (χ0) is 14.5. The van der Waals surface area contributed by atoms with E-state index in [4.69, 9.17) is 5.84 Å². The number of aromatic nitrogens is 2. The first-order chi connectivity index (χ1) is 9.63. The van der Waals surface area contributed by atoms with Gasteiger partial charge in [-0.1, -0.05) is 6.92 Å². The van der Waals surface area contributed by atoms with Gasteiger partial charge in [-0.15, -0.1) is 0 Å². The van der Waals surface area contributed by atoms with Crippen LogP contribution in [0.2, 0.25) is 0 Å². The van der Waals surface area contributed by atoms with Crippen molar-refractivity contribution in [3.63, 3.8) is 0 Å². The highest BCUT2D eigenvalue weighted by Crippen LogP contribution is 2.38. The quantitative estimate of drug-likeness (QED) is 0.497. The van der Waals surface area contributed by atoms with Crippen molar-refractivity contribution in [3.05, 3.63) is 11.9 Å². The molecule has 112 valence electrons. The monoisotopic (exact) mass is 278 g/mol. The molecule has 6 nitrogen and oxygen atoms in total. The molecular weight excluding hydrogens is 252 g/mol. The molecule has 4 N–H and O–H groups in total. The first kappa shape index (κ1) is 15.0. The summed E-state index contributed by atoms with van der Waals surface area (Å²) in [4.78, 5) is 11.3. The van der Waals surface area contributed by atoms with E-state index in [1.807, 2.05) is 6.07 Å². The molecule has 0 radical (unpaired) electrons. The van der Waals surface area contributed by atoms with Crippen molar-refractivity contribution in [2.24, 2.45) is 5.84 Å². The average Bonchev–Trinajstić information content (AvgIpc) is 3.30. The minimum absolute atomic E-state index is 0.520. The van der Waals surface area contributed by atoms with E-state index in [0.717, 1.165) is 31.2 Å². The van der Waals surface area contributed by atoms with E-state index in [2.05, 4.69) is 46.5 Å². The van der Waals surface area contributed by atoms with Crippen LogP contribution in [0.4, 0.5) is 11.6 Å². The number of hydrazine groups is 1.